The Morgan fingerprint density at radius 1 is 1.06 bits per heavy atom. The van der Waals surface area contributed by atoms with Crippen molar-refractivity contribution in [3.05, 3.63) is 34.3 Å². The highest BCUT2D eigenvalue weighted by Crippen LogP contribution is 2.24. The zero-order valence-corrected chi connectivity index (χ0v) is 13.3. The molecule has 1 nitrogen and oxygen atoms in total. The number of benzene rings is 1. The summed E-state index contributed by atoms with van der Waals surface area (Å²) in [6, 6.07) is 8.79. The number of hydrogen-bond acceptors (Lipinski definition) is 1. The number of rotatable bonds is 9. The van der Waals surface area contributed by atoms with Gasteiger partial charge in [0.15, 0.2) is 0 Å². The summed E-state index contributed by atoms with van der Waals surface area (Å²) in [5, 5.41) is 3.32. The van der Waals surface area contributed by atoms with Gasteiger partial charge in [-0.2, -0.15) is 0 Å². The molecule has 2 heteroatoms. The Labute approximate surface area is 120 Å². The first-order chi connectivity index (χ1) is 8.77. The van der Waals surface area contributed by atoms with Gasteiger partial charge < -0.3 is 5.32 Å². The van der Waals surface area contributed by atoms with Gasteiger partial charge in [-0.25, -0.2) is 0 Å². The molecule has 1 aromatic carbocycles. The standard InChI is InChI=1S/C16H26BrN/c1-3-4-5-6-7-8-15(13-18-2)14-9-11-16(17)12-10-14/h9-12,15,18H,3-8,13H2,1-2H3. The SMILES string of the molecule is CCCCCCCC(CNC)c1ccc(Br)cc1. The van der Waals surface area contributed by atoms with Crippen LogP contribution in [0.25, 0.3) is 0 Å². The largest absolute Gasteiger partial charge is 0.319 e. The van der Waals surface area contributed by atoms with Crippen molar-refractivity contribution in [3.63, 3.8) is 0 Å². The van der Waals surface area contributed by atoms with E-state index in [1.807, 2.05) is 7.05 Å². The van der Waals surface area contributed by atoms with Crippen molar-refractivity contribution in [1.29, 1.82) is 0 Å². The Hall–Kier alpha value is -0.340. The van der Waals surface area contributed by atoms with Crippen molar-refractivity contribution in [2.45, 2.75) is 51.4 Å². The summed E-state index contributed by atoms with van der Waals surface area (Å²) in [6.07, 6.45) is 8.13. The average molecular weight is 312 g/mol. The summed E-state index contributed by atoms with van der Waals surface area (Å²) in [4.78, 5) is 0. The number of nitrogens with one attached hydrogen (secondary N) is 1. The molecule has 0 heterocycles. The number of unbranched alkanes of at least 4 members (excludes halogenated alkanes) is 4. The zero-order valence-electron chi connectivity index (χ0n) is 11.7. The summed E-state index contributed by atoms with van der Waals surface area (Å²) in [5.74, 6) is 0.657. The zero-order chi connectivity index (χ0) is 13.2. The third-order valence-electron chi connectivity index (χ3n) is 3.45. The topological polar surface area (TPSA) is 12.0 Å². The number of likely N-dealkylation sites (N-methyl/N-ethyl adjacent to an activating group) is 1. The molecule has 0 aliphatic heterocycles. The van der Waals surface area contributed by atoms with E-state index in [-0.39, 0.29) is 0 Å². The van der Waals surface area contributed by atoms with Gasteiger partial charge in [-0.05, 0) is 37.1 Å². The van der Waals surface area contributed by atoms with Crippen molar-refractivity contribution in [3.8, 4) is 0 Å². The van der Waals surface area contributed by atoms with Crippen LogP contribution in [0.15, 0.2) is 28.7 Å². The first-order valence-corrected chi connectivity index (χ1v) is 7.97. The monoisotopic (exact) mass is 311 g/mol. The maximum absolute atomic E-state index is 3.50. The lowest BCUT2D eigenvalue weighted by Gasteiger charge is -2.17. The molecule has 1 atom stereocenters. The molecule has 0 aliphatic rings. The maximum Gasteiger partial charge on any atom is 0.0175 e. The Morgan fingerprint density at radius 2 is 1.72 bits per heavy atom. The summed E-state index contributed by atoms with van der Waals surface area (Å²) in [6.45, 7) is 3.35. The van der Waals surface area contributed by atoms with E-state index < -0.39 is 0 Å². The summed E-state index contributed by atoms with van der Waals surface area (Å²) in [7, 11) is 2.04. The Morgan fingerprint density at radius 3 is 2.33 bits per heavy atom. The fourth-order valence-electron chi connectivity index (χ4n) is 2.36. The van der Waals surface area contributed by atoms with E-state index in [2.05, 4.69) is 52.4 Å². The Kier molecular flexibility index (Phi) is 8.36. The lowest BCUT2D eigenvalue weighted by atomic mass is 9.93. The molecule has 0 radical (unpaired) electrons. The molecule has 102 valence electrons. The molecule has 0 aromatic heterocycles. The third-order valence-corrected chi connectivity index (χ3v) is 3.98. The smallest absolute Gasteiger partial charge is 0.0175 e. The van der Waals surface area contributed by atoms with Crippen LogP contribution in [0, 0.1) is 0 Å². The molecule has 1 N–H and O–H groups in total. The molecule has 0 spiro atoms. The molecular formula is C16H26BrN. The molecule has 0 saturated heterocycles. The average Bonchev–Trinajstić information content (AvgIpc) is 2.38. The Bertz CT molecular complexity index is 307. The van der Waals surface area contributed by atoms with Crippen LogP contribution in [0.2, 0.25) is 0 Å². The molecule has 0 bridgehead atoms. The van der Waals surface area contributed by atoms with Gasteiger partial charge in [-0.15, -0.1) is 0 Å². The predicted molar refractivity (Wildman–Crippen MR) is 84.2 cm³/mol. The van der Waals surface area contributed by atoms with Crippen molar-refractivity contribution in [2.75, 3.05) is 13.6 Å². The van der Waals surface area contributed by atoms with Crippen LogP contribution in [0.5, 0.6) is 0 Å². The number of halogens is 1. The van der Waals surface area contributed by atoms with Gasteiger partial charge in [0.1, 0.15) is 0 Å². The molecule has 0 saturated carbocycles. The van der Waals surface area contributed by atoms with Gasteiger partial charge in [0.25, 0.3) is 0 Å². The van der Waals surface area contributed by atoms with E-state index in [1.165, 1.54) is 44.1 Å². The molecule has 0 fully saturated rings. The van der Waals surface area contributed by atoms with Crippen LogP contribution < -0.4 is 5.32 Å². The van der Waals surface area contributed by atoms with Crippen molar-refractivity contribution >= 4 is 15.9 Å². The Balaban J connectivity index is 2.41. The third kappa shape index (κ3) is 6.01. The lowest BCUT2D eigenvalue weighted by Crippen LogP contribution is -2.17. The second kappa shape index (κ2) is 9.57. The number of hydrogen-bond donors (Lipinski definition) is 1. The maximum atomic E-state index is 3.50. The molecule has 1 rings (SSSR count). The van der Waals surface area contributed by atoms with Crippen LogP contribution in [0.3, 0.4) is 0 Å². The first-order valence-electron chi connectivity index (χ1n) is 7.18. The van der Waals surface area contributed by atoms with Crippen molar-refractivity contribution in [2.24, 2.45) is 0 Å². The fourth-order valence-corrected chi connectivity index (χ4v) is 2.63. The van der Waals surface area contributed by atoms with Crippen LogP contribution in [0.1, 0.15) is 56.9 Å². The molecule has 1 unspecified atom stereocenters. The van der Waals surface area contributed by atoms with E-state index in [4.69, 9.17) is 0 Å². The normalized spacial score (nSPS) is 12.6. The quantitative estimate of drug-likeness (QED) is 0.625. The van der Waals surface area contributed by atoms with E-state index in [9.17, 15) is 0 Å². The second-order valence-corrected chi connectivity index (χ2v) is 5.92. The first kappa shape index (κ1) is 15.7. The summed E-state index contributed by atoms with van der Waals surface area (Å²) >= 11 is 3.50. The second-order valence-electron chi connectivity index (χ2n) is 5.01. The van der Waals surface area contributed by atoms with Crippen molar-refractivity contribution < 1.29 is 0 Å². The van der Waals surface area contributed by atoms with Crippen LogP contribution >= 0.6 is 15.9 Å². The van der Waals surface area contributed by atoms with Crippen LogP contribution in [-0.4, -0.2) is 13.6 Å². The van der Waals surface area contributed by atoms with Crippen LogP contribution in [-0.2, 0) is 0 Å². The molecule has 0 amide bonds. The van der Waals surface area contributed by atoms with Gasteiger partial charge >= 0.3 is 0 Å². The van der Waals surface area contributed by atoms with Crippen molar-refractivity contribution in [1.82, 2.24) is 5.32 Å². The fraction of sp³-hybridized carbons (Fsp3) is 0.625. The molecular weight excluding hydrogens is 286 g/mol. The van der Waals surface area contributed by atoms with E-state index in [0.29, 0.717) is 5.92 Å². The van der Waals surface area contributed by atoms with Gasteiger partial charge in [0, 0.05) is 11.0 Å². The minimum absolute atomic E-state index is 0.657. The highest BCUT2D eigenvalue weighted by molar-refractivity contribution is 9.10. The minimum atomic E-state index is 0.657. The summed E-state index contributed by atoms with van der Waals surface area (Å²) in [5.41, 5.74) is 1.46. The molecule has 0 aliphatic carbocycles. The predicted octanol–water partition coefficient (Wildman–Crippen LogP) is 5.11. The lowest BCUT2D eigenvalue weighted by molar-refractivity contribution is 0.527. The minimum Gasteiger partial charge on any atom is -0.319 e. The summed E-state index contributed by atoms with van der Waals surface area (Å²) < 4.78 is 1.16. The molecule has 1 aromatic rings. The van der Waals surface area contributed by atoms with Crippen LogP contribution in [0.4, 0.5) is 0 Å². The van der Waals surface area contributed by atoms with E-state index in [1.54, 1.807) is 0 Å². The van der Waals surface area contributed by atoms with E-state index in [0.717, 1.165) is 11.0 Å². The van der Waals surface area contributed by atoms with Gasteiger partial charge in [0.05, 0.1) is 0 Å². The highest BCUT2D eigenvalue weighted by Gasteiger charge is 2.10. The van der Waals surface area contributed by atoms with Gasteiger partial charge in [-0.1, -0.05) is 67.1 Å². The van der Waals surface area contributed by atoms with E-state index >= 15 is 0 Å². The molecule has 18 heavy (non-hydrogen) atoms. The van der Waals surface area contributed by atoms with Gasteiger partial charge in [0.2, 0.25) is 0 Å². The highest BCUT2D eigenvalue weighted by atomic mass is 79.9. The van der Waals surface area contributed by atoms with Gasteiger partial charge in [-0.3, -0.25) is 0 Å².